The molecule has 0 fully saturated rings. The average Bonchev–Trinajstić information content (AvgIpc) is 2.66. The van der Waals surface area contributed by atoms with Crippen LogP contribution in [0, 0.1) is 6.92 Å². The van der Waals surface area contributed by atoms with E-state index >= 15 is 0 Å². The zero-order valence-corrected chi connectivity index (χ0v) is 14.9. The van der Waals surface area contributed by atoms with Gasteiger partial charge in [0.2, 0.25) is 0 Å². The number of hydrogen-bond donors (Lipinski definition) is 1. The van der Waals surface area contributed by atoms with Crippen molar-refractivity contribution < 1.29 is 19.1 Å². The lowest BCUT2D eigenvalue weighted by atomic mass is 10.1. The van der Waals surface area contributed by atoms with Crippen molar-refractivity contribution in [3.63, 3.8) is 0 Å². The van der Waals surface area contributed by atoms with E-state index in [2.05, 4.69) is 10.5 Å². The van der Waals surface area contributed by atoms with Gasteiger partial charge in [0.05, 0.1) is 18.4 Å². The predicted molar refractivity (Wildman–Crippen MR) is 99.4 cm³/mol. The minimum absolute atomic E-state index is 0.176. The molecule has 136 valence electrons. The number of ether oxygens (including phenoxy) is 2. The molecule has 0 spiro atoms. The van der Waals surface area contributed by atoms with Crippen molar-refractivity contribution >= 4 is 18.1 Å². The van der Waals surface area contributed by atoms with Crippen molar-refractivity contribution in [2.24, 2.45) is 5.10 Å². The van der Waals surface area contributed by atoms with Gasteiger partial charge in [-0.1, -0.05) is 31.2 Å². The van der Waals surface area contributed by atoms with Crippen LogP contribution in [0.25, 0.3) is 0 Å². The van der Waals surface area contributed by atoms with Gasteiger partial charge in [0.15, 0.2) is 6.61 Å². The van der Waals surface area contributed by atoms with Crippen LogP contribution in [0.4, 0.5) is 0 Å². The Morgan fingerprint density at radius 1 is 1.12 bits per heavy atom. The molecule has 2 rings (SSSR count). The van der Waals surface area contributed by atoms with Gasteiger partial charge < -0.3 is 9.47 Å². The van der Waals surface area contributed by atoms with Gasteiger partial charge in [0, 0.05) is 0 Å². The van der Waals surface area contributed by atoms with Gasteiger partial charge in [0.1, 0.15) is 5.75 Å². The number of rotatable bonds is 8. The Hall–Kier alpha value is -3.15. The number of esters is 1. The first-order valence-corrected chi connectivity index (χ1v) is 8.37. The number of aryl methyl sites for hydroxylation is 1. The Kier molecular flexibility index (Phi) is 7.36. The molecule has 0 aromatic heterocycles. The first-order valence-electron chi connectivity index (χ1n) is 8.37. The van der Waals surface area contributed by atoms with E-state index in [1.165, 1.54) is 0 Å². The van der Waals surface area contributed by atoms with E-state index in [-0.39, 0.29) is 18.5 Å². The van der Waals surface area contributed by atoms with Crippen molar-refractivity contribution in [2.75, 3.05) is 13.2 Å². The van der Waals surface area contributed by atoms with Crippen LogP contribution in [0.2, 0.25) is 0 Å². The van der Waals surface area contributed by atoms with E-state index in [0.717, 1.165) is 17.5 Å². The maximum Gasteiger partial charge on any atom is 0.338 e. The third-order valence-corrected chi connectivity index (χ3v) is 3.48. The molecular formula is C20H22N2O4. The summed E-state index contributed by atoms with van der Waals surface area (Å²) in [5, 5.41) is 3.91. The summed E-state index contributed by atoms with van der Waals surface area (Å²) in [4.78, 5) is 23.5. The lowest BCUT2D eigenvalue weighted by Gasteiger charge is -2.06. The molecule has 0 saturated heterocycles. The average molecular weight is 354 g/mol. The molecule has 6 nitrogen and oxygen atoms in total. The van der Waals surface area contributed by atoms with Gasteiger partial charge in [-0.15, -0.1) is 0 Å². The summed E-state index contributed by atoms with van der Waals surface area (Å²) in [5.74, 6) is -0.266. The highest BCUT2D eigenvalue weighted by atomic mass is 16.5. The molecule has 0 unspecified atom stereocenters. The summed E-state index contributed by atoms with van der Waals surface area (Å²) >= 11 is 0. The van der Waals surface area contributed by atoms with Crippen LogP contribution >= 0.6 is 0 Å². The molecule has 6 heteroatoms. The van der Waals surface area contributed by atoms with Crippen LogP contribution in [0.3, 0.4) is 0 Å². The molecule has 0 aliphatic rings. The molecule has 0 radical (unpaired) electrons. The molecule has 0 aliphatic carbocycles. The summed E-state index contributed by atoms with van der Waals surface area (Å²) in [6.07, 6.45) is 2.36. The molecule has 1 N–H and O–H groups in total. The zero-order chi connectivity index (χ0) is 18.8. The summed E-state index contributed by atoms with van der Waals surface area (Å²) < 4.78 is 10.4. The van der Waals surface area contributed by atoms with Gasteiger partial charge in [-0.2, -0.15) is 5.10 Å². The number of carbonyl (C=O) groups excluding carboxylic acids is 2. The summed E-state index contributed by atoms with van der Waals surface area (Å²) in [7, 11) is 0. The molecule has 0 heterocycles. The van der Waals surface area contributed by atoms with Crippen LogP contribution in [-0.4, -0.2) is 31.3 Å². The van der Waals surface area contributed by atoms with Gasteiger partial charge in [0.25, 0.3) is 5.91 Å². The molecular weight excluding hydrogens is 332 g/mol. The fraction of sp³-hybridized carbons (Fsp3) is 0.250. The maximum atomic E-state index is 11.8. The second kappa shape index (κ2) is 9.98. The normalized spacial score (nSPS) is 10.5. The van der Waals surface area contributed by atoms with Crippen molar-refractivity contribution in [1.82, 2.24) is 5.43 Å². The maximum absolute atomic E-state index is 11.8. The van der Waals surface area contributed by atoms with E-state index in [4.69, 9.17) is 9.47 Å². The third kappa shape index (κ3) is 6.05. The fourth-order valence-electron chi connectivity index (χ4n) is 2.05. The monoisotopic (exact) mass is 354 g/mol. The molecule has 0 bridgehead atoms. The Labute approximate surface area is 152 Å². The Morgan fingerprint density at radius 2 is 1.85 bits per heavy atom. The number of carbonyl (C=O) groups is 2. The van der Waals surface area contributed by atoms with E-state index < -0.39 is 0 Å². The summed E-state index contributed by atoms with van der Waals surface area (Å²) in [6, 6.07) is 14.2. The highest BCUT2D eigenvalue weighted by Gasteiger charge is 2.07. The highest BCUT2D eigenvalue weighted by molar-refractivity contribution is 5.89. The van der Waals surface area contributed by atoms with E-state index in [9.17, 15) is 9.59 Å². The second-order valence-electron chi connectivity index (χ2n) is 5.60. The molecule has 1 amide bonds. The minimum Gasteiger partial charge on any atom is -0.484 e. The van der Waals surface area contributed by atoms with Gasteiger partial charge in [-0.3, -0.25) is 4.79 Å². The Morgan fingerprint density at radius 3 is 2.54 bits per heavy atom. The first kappa shape index (κ1) is 19.2. The number of nitrogens with zero attached hydrogens (tertiary/aromatic N) is 1. The number of benzene rings is 2. The van der Waals surface area contributed by atoms with Crippen LogP contribution < -0.4 is 10.2 Å². The van der Waals surface area contributed by atoms with E-state index in [1.807, 2.05) is 38.1 Å². The third-order valence-electron chi connectivity index (χ3n) is 3.48. The summed E-state index contributed by atoms with van der Waals surface area (Å²) in [6.45, 7) is 4.11. The van der Waals surface area contributed by atoms with E-state index in [0.29, 0.717) is 17.9 Å². The molecule has 0 atom stereocenters. The largest absolute Gasteiger partial charge is 0.484 e. The lowest BCUT2D eigenvalue weighted by Crippen LogP contribution is -2.24. The van der Waals surface area contributed by atoms with Crippen LogP contribution in [0.5, 0.6) is 5.75 Å². The highest BCUT2D eigenvalue weighted by Crippen LogP contribution is 2.13. The standard InChI is InChI=1S/C20H22N2O4/c1-3-12-25-20(24)16-8-10-18(11-9-16)26-14-19(23)22-21-13-17-7-5-4-6-15(17)2/h4-11,13H,3,12,14H2,1-2H3,(H,22,23). The topological polar surface area (TPSA) is 77.0 Å². The predicted octanol–water partition coefficient (Wildman–Crippen LogP) is 3.09. The second-order valence-corrected chi connectivity index (χ2v) is 5.60. The fourth-order valence-corrected chi connectivity index (χ4v) is 2.05. The molecule has 2 aromatic rings. The minimum atomic E-state index is -0.374. The molecule has 26 heavy (non-hydrogen) atoms. The number of amides is 1. The van der Waals surface area contributed by atoms with Crippen molar-refractivity contribution in [3.05, 3.63) is 65.2 Å². The van der Waals surface area contributed by atoms with Gasteiger partial charge in [-0.25, -0.2) is 10.2 Å². The molecule has 0 saturated carbocycles. The van der Waals surface area contributed by atoms with Crippen LogP contribution in [0.15, 0.2) is 53.6 Å². The Balaban J connectivity index is 1.78. The zero-order valence-electron chi connectivity index (χ0n) is 14.9. The molecule has 2 aromatic carbocycles. The quantitative estimate of drug-likeness (QED) is 0.449. The summed E-state index contributed by atoms with van der Waals surface area (Å²) in [5.41, 5.74) is 4.85. The Bertz CT molecular complexity index is 770. The van der Waals surface area contributed by atoms with Crippen molar-refractivity contribution in [2.45, 2.75) is 20.3 Å². The lowest BCUT2D eigenvalue weighted by molar-refractivity contribution is -0.123. The van der Waals surface area contributed by atoms with Crippen molar-refractivity contribution in [1.29, 1.82) is 0 Å². The molecule has 0 aliphatic heterocycles. The van der Waals surface area contributed by atoms with Crippen molar-refractivity contribution in [3.8, 4) is 5.75 Å². The first-order chi connectivity index (χ1) is 12.6. The number of hydrogen-bond acceptors (Lipinski definition) is 5. The number of hydrazone groups is 1. The van der Waals surface area contributed by atoms with Crippen LogP contribution in [0.1, 0.15) is 34.8 Å². The van der Waals surface area contributed by atoms with Gasteiger partial charge in [-0.05, 0) is 48.7 Å². The van der Waals surface area contributed by atoms with Gasteiger partial charge >= 0.3 is 5.97 Å². The van der Waals surface area contributed by atoms with E-state index in [1.54, 1.807) is 30.5 Å². The smallest absolute Gasteiger partial charge is 0.338 e. The number of nitrogens with one attached hydrogen (secondary N) is 1. The van der Waals surface area contributed by atoms with Crippen LogP contribution in [-0.2, 0) is 9.53 Å². The SMILES string of the molecule is CCCOC(=O)c1ccc(OCC(=O)NN=Cc2ccccc2C)cc1.